The Kier molecular flexibility index (Phi) is 2.85. The van der Waals surface area contributed by atoms with Crippen molar-refractivity contribution >= 4 is 5.91 Å². The summed E-state index contributed by atoms with van der Waals surface area (Å²) in [5, 5.41) is 9.88. The zero-order chi connectivity index (χ0) is 13.0. The number of carbonyl (C=O) groups is 1. The van der Waals surface area contributed by atoms with E-state index in [1.807, 2.05) is 0 Å². The van der Waals surface area contributed by atoms with Gasteiger partial charge in [0.15, 0.2) is 0 Å². The largest absolute Gasteiger partial charge is 0.392 e. The van der Waals surface area contributed by atoms with Gasteiger partial charge in [0.1, 0.15) is 0 Å². The lowest BCUT2D eigenvalue weighted by Gasteiger charge is -2.57. The number of rotatable bonds is 0. The highest BCUT2D eigenvalue weighted by molar-refractivity contribution is 5.77. The Hall–Kier alpha value is -0.610. The highest BCUT2D eigenvalue weighted by Crippen LogP contribution is 2.42. The molecule has 0 radical (unpaired) electrons. The van der Waals surface area contributed by atoms with E-state index < -0.39 is 0 Å². The van der Waals surface area contributed by atoms with Crippen LogP contribution in [0.5, 0.6) is 0 Å². The Morgan fingerprint density at radius 3 is 2.74 bits per heavy atom. The molecule has 19 heavy (non-hydrogen) atoms. The third kappa shape index (κ3) is 1.91. The molecule has 4 rings (SSSR count). The average Bonchev–Trinajstić information content (AvgIpc) is 2.40. The molecule has 2 bridgehead atoms. The average molecular weight is 264 g/mol. The van der Waals surface area contributed by atoms with Crippen LogP contribution in [-0.4, -0.2) is 58.6 Å². The summed E-state index contributed by atoms with van der Waals surface area (Å²) in [6.45, 7) is 2.95. The summed E-state index contributed by atoms with van der Waals surface area (Å²) in [4.78, 5) is 16.9. The van der Waals surface area contributed by atoms with E-state index in [1.54, 1.807) is 0 Å². The number of nitrogens with zero attached hydrogens (tertiary/aromatic N) is 2. The lowest BCUT2D eigenvalue weighted by Crippen LogP contribution is -2.65. The van der Waals surface area contributed by atoms with E-state index in [2.05, 4.69) is 9.80 Å². The minimum atomic E-state index is -0.126. The lowest BCUT2D eigenvalue weighted by molar-refractivity contribution is -0.150. The van der Waals surface area contributed by atoms with Crippen LogP contribution in [0, 0.1) is 11.8 Å². The predicted molar refractivity (Wildman–Crippen MR) is 71.6 cm³/mol. The molecule has 4 heterocycles. The number of piperidine rings is 4. The first-order chi connectivity index (χ1) is 9.22. The molecule has 4 aliphatic heterocycles. The molecule has 0 aliphatic carbocycles. The molecule has 0 aromatic carbocycles. The molecule has 4 nitrogen and oxygen atoms in total. The van der Waals surface area contributed by atoms with E-state index in [9.17, 15) is 9.90 Å². The van der Waals surface area contributed by atoms with Crippen LogP contribution in [0.2, 0.25) is 0 Å². The summed E-state index contributed by atoms with van der Waals surface area (Å²) in [6, 6.07) is 1.12. The van der Waals surface area contributed by atoms with E-state index in [4.69, 9.17) is 0 Å². The van der Waals surface area contributed by atoms with Crippen LogP contribution in [0.1, 0.15) is 38.5 Å². The standard InChI is InChI=1S/C15H24N2O2/c18-12-4-5-13-11-6-10(7-16(13)9-12)14-2-1-3-15(19)17(14)8-11/h10-14,18H,1-9H2/t10-,11-,12+,13-,14-/m1/s1. The molecular weight excluding hydrogens is 240 g/mol. The quantitative estimate of drug-likeness (QED) is 0.705. The van der Waals surface area contributed by atoms with Gasteiger partial charge in [-0.1, -0.05) is 0 Å². The molecular formula is C15H24N2O2. The van der Waals surface area contributed by atoms with Gasteiger partial charge in [0.2, 0.25) is 5.91 Å². The number of hydrogen-bond acceptors (Lipinski definition) is 3. The lowest BCUT2D eigenvalue weighted by atomic mass is 9.70. The summed E-state index contributed by atoms with van der Waals surface area (Å²) >= 11 is 0. The van der Waals surface area contributed by atoms with Crippen LogP contribution < -0.4 is 0 Å². The maximum atomic E-state index is 12.1. The van der Waals surface area contributed by atoms with Crippen molar-refractivity contribution in [3.05, 3.63) is 0 Å². The molecule has 0 aromatic heterocycles. The van der Waals surface area contributed by atoms with Gasteiger partial charge in [-0.2, -0.15) is 0 Å². The number of fused-ring (bicyclic) bond motifs is 6. The molecule has 0 spiro atoms. The second kappa shape index (κ2) is 4.45. The van der Waals surface area contributed by atoms with Crippen LogP contribution >= 0.6 is 0 Å². The van der Waals surface area contributed by atoms with Gasteiger partial charge in [-0.05, 0) is 43.9 Å². The SMILES string of the molecule is O=C1CCC[C@@H]2[C@@H]3C[C@H](CN12)[C@H]1CC[C@H](O)CN1C3. The molecule has 0 aromatic rings. The van der Waals surface area contributed by atoms with Crippen molar-refractivity contribution in [1.82, 2.24) is 9.80 Å². The van der Waals surface area contributed by atoms with E-state index >= 15 is 0 Å². The fraction of sp³-hybridized carbons (Fsp3) is 0.933. The highest BCUT2D eigenvalue weighted by atomic mass is 16.3. The Bertz CT molecular complexity index is 386. The third-order valence-electron chi connectivity index (χ3n) is 5.92. The molecule has 4 saturated heterocycles. The number of aliphatic hydroxyl groups excluding tert-OH is 1. The summed E-state index contributed by atoms with van der Waals surface area (Å²) in [7, 11) is 0. The monoisotopic (exact) mass is 264 g/mol. The Balaban J connectivity index is 1.57. The van der Waals surface area contributed by atoms with Gasteiger partial charge in [-0.15, -0.1) is 0 Å². The van der Waals surface area contributed by atoms with Crippen LogP contribution in [0.25, 0.3) is 0 Å². The Morgan fingerprint density at radius 2 is 1.84 bits per heavy atom. The van der Waals surface area contributed by atoms with Crippen LogP contribution in [-0.2, 0) is 4.79 Å². The van der Waals surface area contributed by atoms with Crippen LogP contribution in [0.4, 0.5) is 0 Å². The van der Waals surface area contributed by atoms with Gasteiger partial charge in [0, 0.05) is 38.1 Å². The smallest absolute Gasteiger partial charge is 0.222 e. The van der Waals surface area contributed by atoms with Crippen molar-refractivity contribution in [2.75, 3.05) is 19.6 Å². The van der Waals surface area contributed by atoms with Gasteiger partial charge in [-0.3, -0.25) is 9.69 Å². The maximum Gasteiger partial charge on any atom is 0.222 e. The van der Waals surface area contributed by atoms with Gasteiger partial charge < -0.3 is 10.0 Å². The van der Waals surface area contributed by atoms with E-state index in [0.717, 1.165) is 45.3 Å². The molecule has 4 aliphatic rings. The number of amides is 1. The van der Waals surface area contributed by atoms with E-state index in [-0.39, 0.29) is 6.10 Å². The van der Waals surface area contributed by atoms with Crippen molar-refractivity contribution in [3.63, 3.8) is 0 Å². The minimum absolute atomic E-state index is 0.126. The molecule has 4 heteroatoms. The van der Waals surface area contributed by atoms with E-state index in [0.29, 0.717) is 29.8 Å². The van der Waals surface area contributed by atoms with Crippen molar-refractivity contribution in [3.8, 4) is 0 Å². The predicted octanol–water partition coefficient (Wildman–Crippen LogP) is 0.843. The van der Waals surface area contributed by atoms with Crippen molar-refractivity contribution < 1.29 is 9.90 Å². The zero-order valence-corrected chi connectivity index (χ0v) is 11.5. The third-order valence-corrected chi connectivity index (χ3v) is 5.92. The van der Waals surface area contributed by atoms with Gasteiger partial charge in [0.25, 0.3) is 0 Å². The zero-order valence-electron chi connectivity index (χ0n) is 11.5. The summed E-state index contributed by atoms with van der Waals surface area (Å²) in [6.07, 6.45) is 6.29. The summed E-state index contributed by atoms with van der Waals surface area (Å²) in [5.41, 5.74) is 0. The van der Waals surface area contributed by atoms with Gasteiger partial charge in [-0.25, -0.2) is 0 Å². The first-order valence-corrected chi connectivity index (χ1v) is 7.94. The van der Waals surface area contributed by atoms with Crippen molar-refractivity contribution in [1.29, 1.82) is 0 Å². The second-order valence-corrected chi connectivity index (χ2v) is 7.01. The molecule has 1 amide bonds. The second-order valence-electron chi connectivity index (χ2n) is 7.01. The molecule has 0 unspecified atom stereocenters. The number of aliphatic hydroxyl groups is 1. The topological polar surface area (TPSA) is 43.8 Å². The first-order valence-electron chi connectivity index (χ1n) is 7.94. The molecule has 106 valence electrons. The van der Waals surface area contributed by atoms with Gasteiger partial charge >= 0.3 is 0 Å². The molecule has 5 atom stereocenters. The Labute approximate surface area is 114 Å². The molecule has 0 saturated carbocycles. The Morgan fingerprint density at radius 1 is 1.00 bits per heavy atom. The van der Waals surface area contributed by atoms with E-state index in [1.165, 1.54) is 12.8 Å². The highest BCUT2D eigenvalue weighted by Gasteiger charge is 2.48. The maximum absolute atomic E-state index is 12.1. The van der Waals surface area contributed by atoms with Crippen molar-refractivity contribution in [2.24, 2.45) is 11.8 Å². The van der Waals surface area contributed by atoms with Crippen molar-refractivity contribution in [2.45, 2.75) is 56.7 Å². The first kappa shape index (κ1) is 12.2. The number of hydrogen-bond donors (Lipinski definition) is 1. The molecule has 4 fully saturated rings. The molecule has 1 N–H and O–H groups in total. The fourth-order valence-electron chi connectivity index (χ4n) is 5.11. The van der Waals surface area contributed by atoms with Gasteiger partial charge in [0.05, 0.1) is 6.10 Å². The van der Waals surface area contributed by atoms with Crippen LogP contribution in [0.3, 0.4) is 0 Å². The normalized spacial score (nSPS) is 46.7. The minimum Gasteiger partial charge on any atom is -0.392 e. The summed E-state index contributed by atoms with van der Waals surface area (Å²) < 4.78 is 0. The number of carbonyl (C=O) groups excluding carboxylic acids is 1. The summed E-state index contributed by atoms with van der Waals surface area (Å²) in [5.74, 6) is 1.71. The van der Waals surface area contributed by atoms with Crippen LogP contribution in [0.15, 0.2) is 0 Å². The fourth-order valence-corrected chi connectivity index (χ4v) is 5.11.